The Morgan fingerprint density at radius 2 is 2.29 bits per heavy atom. The number of carbonyl (C=O) groups is 2. The van der Waals surface area contributed by atoms with Crippen LogP contribution in [0.5, 0.6) is 0 Å². The van der Waals surface area contributed by atoms with Crippen LogP contribution in [-0.2, 0) is 20.9 Å². The van der Waals surface area contributed by atoms with Gasteiger partial charge in [-0.15, -0.1) is 0 Å². The van der Waals surface area contributed by atoms with Crippen LogP contribution >= 0.6 is 0 Å². The Kier molecular flexibility index (Phi) is 3.16. The quantitative estimate of drug-likeness (QED) is 0.493. The first kappa shape index (κ1) is 10.2. The maximum atomic E-state index is 10.9. The summed E-state index contributed by atoms with van der Waals surface area (Å²) in [6.45, 7) is 1.66. The number of carbonyl (C=O) groups excluding carboxylic acids is 2. The Morgan fingerprint density at radius 3 is 2.79 bits per heavy atom. The molecule has 0 unspecified atom stereocenters. The molecule has 0 aliphatic heterocycles. The lowest BCUT2D eigenvalue weighted by molar-refractivity contribution is -0.152. The van der Waals surface area contributed by atoms with E-state index in [2.05, 4.69) is 24.7 Å². The topological polar surface area (TPSA) is 94.3 Å². The van der Waals surface area contributed by atoms with Crippen LogP contribution in [-0.4, -0.2) is 29.1 Å². The molecule has 1 aromatic rings. The van der Waals surface area contributed by atoms with E-state index in [4.69, 9.17) is 0 Å². The first-order valence-corrected chi connectivity index (χ1v) is 3.79. The van der Waals surface area contributed by atoms with Gasteiger partial charge in [-0.25, -0.2) is 4.79 Å². The van der Waals surface area contributed by atoms with Crippen LogP contribution in [0.3, 0.4) is 0 Å². The third-order valence-corrected chi connectivity index (χ3v) is 1.35. The third-order valence-electron chi connectivity index (χ3n) is 1.35. The van der Waals surface area contributed by atoms with E-state index >= 15 is 0 Å². The number of ether oxygens (including phenoxy) is 1. The van der Waals surface area contributed by atoms with Crippen molar-refractivity contribution in [3.8, 4) is 0 Å². The number of aromatic nitrogens is 2. The molecule has 7 nitrogen and oxygen atoms in total. The standard InChI is InChI=1S/C7H9N3O4/c1-4-9-5(10-14-4)3-8-6(11)7(12)13-2/h3H2,1-2H3,(H,8,11). The molecule has 0 saturated heterocycles. The lowest BCUT2D eigenvalue weighted by Gasteiger charge is -1.98. The second-order valence-corrected chi connectivity index (χ2v) is 2.40. The number of aryl methyl sites for hydroxylation is 1. The number of methoxy groups -OCH3 is 1. The fraction of sp³-hybridized carbons (Fsp3) is 0.429. The number of hydrogen-bond donors (Lipinski definition) is 1. The molecule has 0 aromatic carbocycles. The van der Waals surface area contributed by atoms with E-state index in [0.717, 1.165) is 7.11 Å². The highest BCUT2D eigenvalue weighted by atomic mass is 16.5. The van der Waals surface area contributed by atoms with Crippen LogP contribution in [0.15, 0.2) is 4.52 Å². The van der Waals surface area contributed by atoms with Gasteiger partial charge in [0.2, 0.25) is 5.89 Å². The number of esters is 1. The molecule has 1 heterocycles. The molecule has 1 N–H and O–H groups in total. The molecule has 0 aliphatic carbocycles. The molecule has 0 atom stereocenters. The predicted octanol–water partition coefficient (Wildman–Crippen LogP) is -0.833. The van der Waals surface area contributed by atoms with Crippen LogP contribution in [0.4, 0.5) is 0 Å². The van der Waals surface area contributed by atoms with Crippen LogP contribution in [0, 0.1) is 6.92 Å². The molecule has 1 aromatic heterocycles. The van der Waals surface area contributed by atoms with Gasteiger partial charge >= 0.3 is 11.9 Å². The molecule has 0 fully saturated rings. The number of hydrogen-bond acceptors (Lipinski definition) is 6. The fourth-order valence-electron chi connectivity index (χ4n) is 0.737. The average Bonchev–Trinajstić information content (AvgIpc) is 2.59. The summed E-state index contributed by atoms with van der Waals surface area (Å²) in [5.41, 5.74) is 0. The van der Waals surface area contributed by atoms with Crippen molar-refractivity contribution >= 4 is 11.9 Å². The molecule has 76 valence electrons. The highest BCUT2D eigenvalue weighted by molar-refractivity contribution is 6.32. The van der Waals surface area contributed by atoms with Gasteiger partial charge in [0.25, 0.3) is 0 Å². The number of nitrogens with one attached hydrogen (secondary N) is 1. The van der Waals surface area contributed by atoms with Crippen molar-refractivity contribution in [2.75, 3.05) is 7.11 Å². The molecule has 0 bridgehead atoms. The summed E-state index contributed by atoms with van der Waals surface area (Å²) in [5, 5.41) is 5.78. The van der Waals surface area contributed by atoms with Crippen molar-refractivity contribution in [1.29, 1.82) is 0 Å². The van der Waals surface area contributed by atoms with Crippen LogP contribution < -0.4 is 5.32 Å². The molecule has 1 rings (SSSR count). The first-order valence-electron chi connectivity index (χ1n) is 3.79. The van der Waals surface area contributed by atoms with Crippen molar-refractivity contribution in [1.82, 2.24) is 15.5 Å². The van der Waals surface area contributed by atoms with Crippen molar-refractivity contribution in [2.45, 2.75) is 13.5 Å². The van der Waals surface area contributed by atoms with Crippen LogP contribution in [0.25, 0.3) is 0 Å². The van der Waals surface area contributed by atoms with E-state index in [9.17, 15) is 9.59 Å². The maximum absolute atomic E-state index is 10.9. The summed E-state index contributed by atoms with van der Waals surface area (Å²) in [6.07, 6.45) is 0. The van der Waals surface area contributed by atoms with Gasteiger partial charge in [-0.1, -0.05) is 5.16 Å². The first-order chi connectivity index (χ1) is 6.63. The fourth-order valence-corrected chi connectivity index (χ4v) is 0.737. The summed E-state index contributed by atoms with van der Waals surface area (Å²) >= 11 is 0. The summed E-state index contributed by atoms with van der Waals surface area (Å²) < 4.78 is 8.85. The van der Waals surface area contributed by atoms with Crippen LogP contribution in [0.1, 0.15) is 11.7 Å². The van der Waals surface area contributed by atoms with E-state index in [1.807, 2.05) is 0 Å². The normalized spacial score (nSPS) is 9.57. The SMILES string of the molecule is COC(=O)C(=O)NCc1noc(C)n1. The second-order valence-electron chi connectivity index (χ2n) is 2.40. The van der Waals surface area contributed by atoms with Crippen molar-refractivity contribution in [2.24, 2.45) is 0 Å². The van der Waals surface area contributed by atoms with Gasteiger partial charge in [0.05, 0.1) is 13.7 Å². The Labute approximate surface area is 79.4 Å². The highest BCUT2D eigenvalue weighted by Gasteiger charge is 2.13. The Hall–Kier alpha value is -1.92. The Bertz CT molecular complexity index is 346. The third kappa shape index (κ3) is 2.54. The number of rotatable bonds is 2. The summed E-state index contributed by atoms with van der Waals surface area (Å²) in [5.74, 6) is -1.09. The van der Waals surface area contributed by atoms with Gasteiger partial charge < -0.3 is 14.6 Å². The number of nitrogens with zero attached hydrogens (tertiary/aromatic N) is 2. The molecule has 1 amide bonds. The van der Waals surface area contributed by atoms with Crippen molar-refractivity contribution in [3.05, 3.63) is 11.7 Å². The van der Waals surface area contributed by atoms with Gasteiger partial charge in [-0.3, -0.25) is 4.79 Å². The zero-order valence-corrected chi connectivity index (χ0v) is 7.73. The van der Waals surface area contributed by atoms with Gasteiger partial charge in [-0.05, 0) is 0 Å². The predicted molar refractivity (Wildman–Crippen MR) is 42.9 cm³/mol. The lowest BCUT2D eigenvalue weighted by Crippen LogP contribution is -2.31. The maximum Gasteiger partial charge on any atom is 0.396 e. The summed E-state index contributed by atoms with van der Waals surface area (Å²) in [6, 6.07) is 0. The largest absolute Gasteiger partial charge is 0.462 e. The monoisotopic (exact) mass is 199 g/mol. The number of amides is 1. The highest BCUT2D eigenvalue weighted by Crippen LogP contribution is 1.93. The molecular weight excluding hydrogens is 190 g/mol. The van der Waals surface area contributed by atoms with E-state index in [1.165, 1.54) is 0 Å². The molecule has 0 spiro atoms. The zero-order chi connectivity index (χ0) is 10.6. The van der Waals surface area contributed by atoms with E-state index in [1.54, 1.807) is 6.92 Å². The van der Waals surface area contributed by atoms with E-state index in [-0.39, 0.29) is 6.54 Å². The van der Waals surface area contributed by atoms with Crippen molar-refractivity contribution in [3.63, 3.8) is 0 Å². The van der Waals surface area contributed by atoms with Crippen molar-refractivity contribution < 1.29 is 18.8 Å². The van der Waals surface area contributed by atoms with E-state index in [0.29, 0.717) is 11.7 Å². The minimum absolute atomic E-state index is 0.0330. The second kappa shape index (κ2) is 4.35. The lowest BCUT2D eigenvalue weighted by atomic mass is 10.5. The molecule has 14 heavy (non-hydrogen) atoms. The van der Waals surface area contributed by atoms with Crippen LogP contribution in [0.2, 0.25) is 0 Å². The van der Waals surface area contributed by atoms with Gasteiger partial charge in [-0.2, -0.15) is 4.98 Å². The van der Waals surface area contributed by atoms with Gasteiger partial charge in [0, 0.05) is 6.92 Å². The molecule has 0 radical (unpaired) electrons. The summed E-state index contributed by atoms with van der Waals surface area (Å²) in [4.78, 5) is 25.3. The molecule has 0 aliphatic rings. The molecule has 7 heteroatoms. The summed E-state index contributed by atoms with van der Waals surface area (Å²) in [7, 11) is 1.13. The van der Waals surface area contributed by atoms with Gasteiger partial charge in [0.1, 0.15) is 0 Å². The molecule has 0 saturated carbocycles. The van der Waals surface area contributed by atoms with Gasteiger partial charge in [0.15, 0.2) is 5.82 Å². The minimum Gasteiger partial charge on any atom is -0.462 e. The Morgan fingerprint density at radius 1 is 1.57 bits per heavy atom. The minimum atomic E-state index is -0.954. The molecular formula is C7H9N3O4. The average molecular weight is 199 g/mol. The zero-order valence-electron chi connectivity index (χ0n) is 7.73. The Balaban J connectivity index is 2.41. The van der Waals surface area contributed by atoms with E-state index < -0.39 is 11.9 Å². The smallest absolute Gasteiger partial charge is 0.396 e.